The molecule has 1 rings (SSSR count). The van der Waals surface area contributed by atoms with Crippen molar-refractivity contribution in [2.24, 2.45) is 5.92 Å². The van der Waals surface area contributed by atoms with Crippen LogP contribution in [0.15, 0.2) is 24.3 Å². The molecule has 11 heteroatoms. The van der Waals surface area contributed by atoms with Crippen LogP contribution in [0.25, 0.3) is 0 Å². The number of hydrogen-bond acceptors (Lipinski definition) is 7. The van der Waals surface area contributed by atoms with Crippen LogP contribution in [-0.4, -0.2) is 60.1 Å². The standard InChI is InChI=1S/C21H27FN2O8/c1-4-31-17(26)11-15(21(30)32-5-2)18(20(28)29)24-19(27)16(23-12(3)25)10-13-6-8-14(22)9-7-13/h6-9,15-16,18H,4-5,10-11H2,1-3H3,(H,23,25)(H,24,27)(H,28,29)/t15-,16-,18+/m1/s1. The number of carbonyl (C=O) groups excluding carboxylic acids is 4. The molecule has 0 spiro atoms. The van der Waals surface area contributed by atoms with Crippen molar-refractivity contribution in [1.29, 1.82) is 0 Å². The lowest BCUT2D eigenvalue weighted by Gasteiger charge is -2.25. The Kier molecular flexibility index (Phi) is 10.8. The Morgan fingerprint density at radius 2 is 1.59 bits per heavy atom. The smallest absolute Gasteiger partial charge is 0.327 e. The maximum atomic E-state index is 13.1. The zero-order valence-corrected chi connectivity index (χ0v) is 18.1. The van der Waals surface area contributed by atoms with E-state index in [1.54, 1.807) is 6.92 Å². The molecular formula is C21H27FN2O8. The first-order valence-electron chi connectivity index (χ1n) is 9.95. The van der Waals surface area contributed by atoms with Crippen molar-refractivity contribution >= 4 is 29.7 Å². The summed E-state index contributed by atoms with van der Waals surface area (Å²) in [4.78, 5) is 60.5. The first-order chi connectivity index (χ1) is 15.1. The van der Waals surface area contributed by atoms with E-state index in [-0.39, 0.29) is 19.6 Å². The normalized spacial score (nSPS) is 13.2. The predicted molar refractivity (Wildman–Crippen MR) is 109 cm³/mol. The van der Waals surface area contributed by atoms with Crippen LogP contribution in [0.3, 0.4) is 0 Å². The molecule has 0 aliphatic carbocycles. The fourth-order valence-corrected chi connectivity index (χ4v) is 2.89. The highest BCUT2D eigenvalue weighted by atomic mass is 19.1. The number of aliphatic carboxylic acids is 1. The maximum absolute atomic E-state index is 13.1. The van der Waals surface area contributed by atoms with E-state index in [2.05, 4.69) is 10.6 Å². The average molecular weight is 454 g/mol. The Balaban J connectivity index is 3.13. The Hall–Kier alpha value is -3.50. The number of nitrogens with one attached hydrogen (secondary N) is 2. The molecule has 3 atom stereocenters. The highest BCUT2D eigenvalue weighted by Crippen LogP contribution is 2.15. The van der Waals surface area contributed by atoms with Crippen molar-refractivity contribution in [3.63, 3.8) is 0 Å². The summed E-state index contributed by atoms with van der Waals surface area (Å²) in [6.45, 7) is 4.16. The topological polar surface area (TPSA) is 148 Å². The molecule has 1 aromatic rings. The summed E-state index contributed by atoms with van der Waals surface area (Å²) in [7, 11) is 0. The number of carboxylic acid groups (broad SMARTS) is 1. The van der Waals surface area contributed by atoms with Crippen LogP contribution in [0.4, 0.5) is 4.39 Å². The number of carbonyl (C=O) groups is 5. The molecule has 0 saturated heterocycles. The minimum absolute atomic E-state index is 0.0146. The summed E-state index contributed by atoms with van der Waals surface area (Å²) in [5, 5.41) is 14.2. The lowest BCUT2D eigenvalue weighted by atomic mass is 9.95. The van der Waals surface area contributed by atoms with E-state index >= 15 is 0 Å². The van der Waals surface area contributed by atoms with Crippen LogP contribution in [-0.2, 0) is 39.9 Å². The SMILES string of the molecule is CCOC(=O)C[C@@H](C(=O)OCC)[C@H](NC(=O)[C@@H](Cc1ccc(F)cc1)NC(C)=O)C(=O)O. The van der Waals surface area contributed by atoms with Crippen molar-refractivity contribution in [3.8, 4) is 0 Å². The molecule has 0 heterocycles. The number of benzene rings is 1. The van der Waals surface area contributed by atoms with E-state index in [9.17, 15) is 33.5 Å². The van der Waals surface area contributed by atoms with Crippen LogP contribution < -0.4 is 10.6 Å². The molecule has 1 aromatic carbocycles. The Bertz CT molecular complexity index is 828. The van der Waals surface area contributed by atoms with Crippen LogP contribution >= 0.6 is 0 Å². The first-order valence-corrected chi connectivity index (χ1v) is 9.95. The van der Waals surface area contributed by atoms with Gasteiger partial charge in [0.05, 0.1) is 25.6 Å². The maximum Gasteiger partial charge on any atom is 0.327 e. The van der Waals surface area contributed by atoms with E-state index in [0.717, 1.165) is 0 Å². The second-order valence-electron chi connectivity index (χ2n) is 6.78. The monoisotopic (exact) mass is 454 g/mol. The van der Waals surface area contributed by atoms with Crippen molar-refractivity contribution < 1.29 is 42.9 Å². The molecule has 0 radical (unpaired) electrons. The largest absolute Gasteiger partial charge is 0.480 e. The number of rotatable bonds is 12. The van der Waals surface area contributed by atoms with Gasteiger partial charge in [0.2, 0.25) is 11.8 Å². The van der Waals surface area contributed by atoms with Gasteiger partial charge in [0.25, 0.3) is 0 Å². The number of ether oxygens (including phenoxy) is 2. The summed E-state index contributed by atoms with van der Waals surface area (Å²) in [5.74, 6) is -6.93. The van der Waals surface area contributed by atoms with Gasteiger partial charge in [-0.1, -0.05) is 12.1 Å². The third kappa shape index (κ3) is 8.70. The van der Waals surface area contributed by atoms with Gasteiger partial charge in [0, 0.05) is 13.3 Å². The van der Waals surface area contributed by atoms with E-state index in [1.165, 1.54) is 38.1 Å². The molecule has 0 aliphatic heterocycles. The first kappa shape index (κ1) is 26.5. The highest BCUT2D eigenvalue weighted by molar-refractivity contribution is 5.93. The van der Waals surface area contributed by atoms with Gasteiger partial charge in [-0.05, 0) is 31.5 Å². The fraction of sp³-hybridized carbons (Fsp3) is 0.476. The van der Waals surface area contributed by atoms with Crippen molar-refractivity contribution in [3.05, 3.63) is 35.6 Å². The predicted octanol–water partition coefficient (Wildman–Crippen LogP) is 0.575. The zero-order chi connectivity index (χ0) is 24.3. The highest BCUT2D eigenvalue weighted by Gasteiger charge is 2.39. The number of amides is 2. The third-order valence-corrected chi connectivity index (χ3v) is 4.29. The van der Waals surface area contributed by atoms with Crippen LogP contribution in [0.5, 0.6) is 0 Å². The van der Waals surface area contributed by atoms with Crippen molar-refractivity contribution in [1.82, 2.24) is 10.6 Å². The van der Waals surface area contributed by atoms with Crippen molar-refractivity contribution in [2.45, 2.75) is 45.7 Å². The Labute approximate surface area is 184 Å². The van der Waals surface area contributed by atoms with Crippen LogP contribution in [0.1, 0.15) is 32.8 Å². The van der Waals surface area contributed by atoms with Crippen molar-refractivity contribution in [2.75, 3.05) is 13.2 Å². The molecule has 0 unspecified atom stereocenters. The zero-order valence-electron chi connectivity index (χ0n) is 18.1. The Morgan fingerprint density at radius 1 is 1.00 bits per heavy atom. The molecule has 2 amide bonds. The number of esters is 2. The second-order valence-corrected chi connectivity index (χ2v) is 6.78. The third-order valence-electron chi connectivity index (χ3n) is 4.29. The lowest BCUT2D eigenvalue weighted by Crippen LogP contribution is -2.55. The number of hydrogen-bond donors (Lipinski definition) is 3. The average Bonchev–Trinajstić information content (AvgIpc) is 2.71. The van der Waals surface area contributed by atoms with Crippen LogP contribution in [0.2, 0.25) is 0 Å². The fourth-order valence-electron chi connectivity index (χ4n) is 2.89. The van der Waals surface area contributed by atoms with Gasteiger partial charge in [-0.2, -0.15) is 0 Å². The van der Waals surface area contributed by atoms with Gasteiger partial charge in [0.1, 0.15) is 17.9 Å². The van der Waals surface area contributed by atoms with Gasteiger partial charge >= 0.3 is 17.9 Å². The van der Waals surface area contributed by atoms with E-state index in [4.69, 9.17) is 9.47 Å². The van der Waals surface area contributed by atoms with Gasteiger partial charge in [0.15, 0.2) is 0 Å². The van der Waals surface area contributed by atoms with Gasteiger partial charge in [-0.25, -0.2) is 9.18 Å². The summed E-state index contributed by atoms with van der Waals surface area (Å²) in [6, 6.07) is 2.13. The molecule has 32 heavy (non-hydrogen) atoms. The van der Waals surface area contributed by atoms with E-state index in [0.29, 0.717) is 5.56 Å². The molecule has 0 fully saturated rings. The van der Waals surface area contributed by atoms with E-state index in [1.807, 2.05) is 0 Å². The molecule has 10 nitrogen and oxygen atoms in total. The lowest BCUT2D eigenvalue weighted by molar-refractivity contribution is -0.160. The second kappa shape index (κ2) is 13.0. The molecular weight excluding hydrogens is 427 g/mol. The Morgan fingerprint density at radius 3 is 2.09 bits per heavy atom. The molecule has 176 valence electrons. The summed E-state index contributed by atoms with van der Waals surface area (Å²) < 4.78 is 22.8. The van der Waals surface area contributed by atoms with Crippen LogP contribution in [0, 0.1) is 11.7 Å². The molecule has 0 aromatic heterocycles. The molecule has 0 aliphatic rings. The summed E-state index contributed by atoms with van der Waals surface area (Å²) in [5.41, 5.74) is 0.501. The number of carboxylic acids is 1. The molecule has 0 saturated carbocycles. The van der Waals surface area contributed by atoms with Gasteiger partial charge < -0.3 is 25.2 Å². The minimum Gasteiger partial charge on any atom is -0.480 e. The molecule has 0 bridgehead atoms. The molecule has 3 N–H and O–H groups in total. The van der Waals surface area contributed by atoms with Gasteiger partial charge in [-0.15, -0.1) is 0 Å². The van der Waals surface area contributed by atoms with E-state index < -0.39 is 60.0 Å². The van der Waals surface area contributed by atoms with Gasteiger partial charge in [-0.3, -0.25) is 19.2 Å². The quantitative estimate of drug-likeness (QED) is 0.388. The summed E-state index contributed by atoms with van der Waals surface area (Å²) >= 11 is 0. The number of halogens is 1. The summed E-state index contributed by atoms with van der Waals surface area (Å²) in [6.07, 6.45) is -0.702. The minimum atomic E-state index is -1.82.